The Kier molecular flexibility index (Phi) is 5.81. The highest BCUT2D eigenvalue weighted by Gasteiger charge is 2.52. The van der Waals surface area contributed by atoms with Gasteiger partial charge in [0, 0.05) is 32.7 Å². The van der Waals surface area contributed by atoms with Crippen molar-refractivity contribution >= 4 is 23.1 Å². The summed E-state index contributed by atoms with van der Waals surface area (Å²) < 4.78 is 52.3. The molecule has 2 fully saturated rings. The van der Waals surface area contributed by atoms with Crippen LogP contribution in [0.2, 0.25) is 0 Å². The summed E-state index contributed by atoms with van der Waals surface area (Å²) in [7, 11) is -5.84. The summed E-state index contributed by atoms with van der Waals surface area (Å²) in [5.41, 5.74) is 0.948. The normalized spacial score (nSPS) is 22.4. The Morgan fingerprint density at radius 3 is 2.29 bits per heavy atom. The standard InChI is InChI=1S/C18H28BFN2O5S/c1-13-14(12-22-8-6-21-7-9-22)10-15(11-16(13)25-28(20,23)24)19-26-17(2,3)18(4,5)27-19/h10-11,21H,6-9,12H2,1-5H3. The number of hydrogen-bond donors (Lipinski definition) is 1. The summed E-state index contributed by atoms with van der Waals surface area (Å²) in [6.07, 6.45) is 0. The minimum absolute atomic E-state index is 0.0418. The Hall–Kier alpha value is -1.20. The highest BCUT2D eigenvalue weighted by molar-refractivity contribution is 7.81. The predicted octanol–water partition coefficient (Wildman–Crippen LogP) is 1.29. The molecule has 0 spiro atoms. The van der Waals surface area contributed by atoms with Crippen molar-refractivity contribution in [1.82, 2.24) is 10.2 Å². The van der Waals surface area contributed by atoms with E-state index in [1.807, 2.05) is 33.8 Å². The maximum atomic E-state index is 13.3. The Balaban J connectivity index is 1.97. The van der Waals surface area contributed by atoms with Crippen molar-refractivity contribution in [2.24, 2.45) is 0 Å². The molecule has 0 aromatic heterocycles. The van der Waals surface area contributed by atoms with Crippen LogP contribution in [0.3, 0.4) is 0 Å². The number of piperazine rings is 1. The van der Waals surface area contributed by atoms with Crippen molar-refractivity contribution < 1.29 is 25.8 Å². The molecule has 7 nitrogen and oxygen atoms in total. The van der Waals surface area contributed by atoms with Gasteiger partial charge in [0.2, 0.25) is 0 Å². The molecule has 28 heavy (non-hydrogen) atoms. The van der Waals surface area contributed by atoms with Crippen LogP contribution in [-0.2, 0) is 26.4 Å². The fourth-order valence-corrected chi connectivity index (χ4v) is 3.74. The molecule has 0 aliphatic carbocycles. The van der Waals surface area contributed by atoms with E-state index in [-0.39, 0.29) is 5.75 Å². The summed E-state index contributed by atoms with van der Waals surface area (Å²) in [6, 6.07) is 3.41. The second-order valence-corrected chi connectivity index (χ2v) is 9.35. The van der Waals surface area contributed by atoms with Gasteiger partial charge in [-0.1, -0.05) is 9.95 Å². The van der Waals surface area contributed by atoms with E-state index in [2.05, 4.69) is 14.4 Å². The van der Waals surface area contributed by atoms with Crippen LogP contribution in [0.1, 0.15) is 38.8 Å². The van der Waals surface area contributed by atoms with Crippen molar-refractivity contribution in [2.75, 3.05) is 26.2 Å². The summed E-state index contributed by atoms with van der Waals surface area (Å²) in [5.74, 6) is -0.0418. The molecule has 1 aromatic carbocycles. The first kappa shape index (κ1) is 21.5. The first-order valence-corrected chi connectivity index (χ1v) is 10.7. The van der Waals surface area contributed by atoms with Crippen LogP contribution in [0.5, 0.6) is 5.75 Å². The van der Waals surface area contributed by atoms with Gasteiger partial charge in [0.1, 0.15) is 5.75 Å². The number of nitrogens with one attached hydrogen (secondary N) is 1. The topological polar surface area (TPSA) is 77.1 Å². The van der Waals surface area contributed by atoms with Gasteiger partial charge in [-0.2, -0.15) is 8.42 Å². The van der Waals surface area contributed by atoms with E-state index in [1.54, 1.807) is 6.92 Å². The van der Waals surface area contributed by atoms with Gasteiger partial charge >= 0.3 is 17.6 Å². The second kappa shape index (κ2) is 7.57. The van der Waals surface area contributed by atoms with Gasteiger partial charge in [0.15, 0.2) is 0 Å². The zero-order valence-electron chi connectivity index (χ0n) is 17.0. The SMILES string of the molecule is Cc1c(CN2CCNCC2)cc(B2OC(C)(C)C(C)(C)O2)cc1OS(=O)(=O)F. The number of rotatable bonds is 5. The maximum absolute atomic E-state index is 13.3. The second-order valence-electron chi connectivity index (χ2n) is 8.39. The van der Waals surface area contributed by atoms with Crippen LogP contribution in [0.15, 0.2) is 12.1 Å². The van der Waals surface area contributed by atoms with Gasteiger partial charge in [-0.25, -0.2) is 0 Å². The monoisotopic (exact) mass is 414 g/mol. The van der Waals surface area contributed by atoms with Gasteiger partial charge in [-0.15, -0.1) is 0 Å². The van der Waals surface area contributed by atoms with Crippen molar-refractivity contribution in [1.29, 1.82) is 0 Å². The molecule has 156 valence electrons. The lowest BCUT2D eigenvalue weighted by atomic mass is 9.77. The Labute approximate surface area is 167 Å². The molecular weight excluding hydrogens is 386 g/mol. The average molecular weight is 414 g/mol. The summed E-state index contributed by atoms with van der Waals surface area (Å²) in [6.45, 7) is 13.6. The smallest absolute Gasteiger partial charge is 0.399 e. The Morgan fingerprint density at radius 2 is 1.75 bits per heavy atom. The van der Waals surface area contributed by atoms with Crippen molar-refractivity contribution in [3.8, 4) is 5.75 Å². The molecular formula is C18H28BFN2O5S. The number of nitrogens with zero attached hydrogens (tertiary/aromatic N) is 1. The molecule has 1 N–H and O–H groups in total. The molecule has 2 heterocycles. The third kappa shape index (κ3) is 4.68. The zero-order valence-corrected chi connectivity index (χ0v) is 17.9. The number of halogens is 1. The summed E-state index contributed by atoms with van der Waals surface area (Å²) in [4.78, 5) is 2.25. The van der Waals surface area contributed by atoms with Crippen molar-refractivity contribution in [2.45, 2.75) is 52.4 Å². The lowest BCUT2D eigenvalue weighted by Gasteiger charge is -2.32. The Morgan fingerprint density at radius 1 is 1.18 bits per heavy atom. The molecule has 0 radical (unpaired) electrons. The van der Waals surface area contributed by atoms with E-state index < -0.39 is 28.8 Å². The molecule has 0 bridgehead atoms. The van der Waals surface area contributed by atoms with Gasteiger partial charge in [-0.3, -0.25) is 4.90 Å². The van der Waals surface area contributed by atoms with Crippen LogP contribution >= 0.6 is 0 Å². The summed E-state index contributed by atoms with van der Waals surface area (Å²) in [5, 5.41) is 3.30. The number of benzene rings is 1. The third-order valence-electron chi connectivity index (χ3n) is 5.81. The van der Waals surface area contributed by atoms with E-state index in [9.17, 15) is 12.3 Å². The molecule has 2 aliphatic rings. The van der Waals surface area contributed by atoms with E-state index in [0.29, 0.717) is 17.6 Å². The van der Waals surface area contributed by atoms with Crippen LogP contribution < -0.4 is 15.0 Å². The molecule has 0 saturated carbocycles. The van der Waals surface area contributed by atoms with E-state index in [0.717, 1.165) is 31.7 Å². The first-order valence-electron chi connectivity index (χ1n) is 9.44. The average Bonchev–Trinajstić information content (AvgIpc) is 2.79. The molecule has 1 aromatic rings. The minimum atomic E-state index is -5.14. The van der Waals surface area contributed by atoms with E-state index >= 15 is 0 Å². The van der Waals surface area contributed by atoms with E-state index in [1.165, 1.54) is 6.07 Å². The fourth-order valence-electron chi connectivity index (χ4n) is 3.35. The van der Waals surface area contributed by atoms with Gasteiger partial charge in [0.25, 0.3) is 0 Å². The third-order valence-corrected chi connectivity index (χ3v) is 6.19. The largest absolute Gasteiger partial charge is 0.494 e. The van der Waals surface area contributed by atoms with Gasteiger partial charge < -0.3 is 18.8 Å². The van der Waals surface area contributed by atoms with Crippen LogP contribution in [0, 0.1) is 6.92 Å². The number of hydrogen-bond acceptors (Lipinski definition) is 7. The quantitative estimate of drug-likeness (QED) is 0.575. The van der Waals surface area contributed by atoms with Crippen LogP contribution in [0.25, 0.3) is 0 Å². The van der Waals surface area contributed by atoms with Crippen molar-refractivity contribution in [3.63, 3.8) is 0 Å². The Bertz CT molecular complexity index is 825. The van der Waals surface area contributed by atoms with Gasteiger partial charge in [-0.05, 0) is 57.3 Å². The molecule has 2 saturated heterocycles. The molecule has 0 amide bonds. The molecule has 0 atom stereocenters. The van der Waals surface area contributed by atoms with Crippen LogP contribution in [-0.4, -0.2) is 57.8 Å². The summed E-state index contributed by atoms with van der Waals surface area (Å²) >= 11 is 0. The molecule has 10 heteroatoms. The first-order chi connectivity index (χ1) is 12.9. The zero-order chi connectivity index (χ0) is 20.7. The van der Waals surface area contributed by atoms with Gasteiger partial charge in [0.05, 0.1) is 11.2 Å². The molecule has 0 unspecified atom stereocenters. The highest BCUT2D eigenvalue weighted by Crippen LogP contribution is 2.37. The van der Waals surface area contributed by atoms with Crippen LogP contribution in [0.4, 0.5) is 3.89 Å². The lowest BCUT2D eigenvalue weighted by Crippen LogP contribution is -2.43. The lowest BCUT2D eigenvalue weighted by molar-refractivity contribution is 0.00578. The maximum Gasteiger partial charge on any atom is 0.494 e. The molecule has 2 aliphatic heterocycles. The fraction of sp³-hybridized carbons (Fsp3) is 0.667. The van der Waals surface area contributed by atoms with E-state index in [4.69, 9.17) is 9.31 Å². The highest BCUT2D eigenvalue weighted by atomic mass is 32.3. The predicted molar refractivity (Wildman–Crippen MR) is 106 cm³/mol. The minimum Gasteiger partial charge on any atom is -0.399 e. The molecule has 3 rings (SSSR count). The van der Waals surface area contributed by atoms with Crippen molar-refractivity contribution in [3.05, 3.63) is 23.3 Å².